The Morgan fingerprint density at radius 3 is 1.96 bits per heavy atom. The van der Waals surface area contributed by atoms with Crippen LogP contribution in [0.15, 0.2) is 0 Å². The van der Waals surface area contributed by atoms with Crippen LogP contribution >= 0.6 is 0 Å². The molecule has 146 valence electrons. The van der Waals surface area contributed by atoms with Crippen molar-refractivity contribution in [1.82, 2.24) is 0 Å². The van der Waals surface area contributed by atoms with Crippen LogP contribution in [-0.2, 0) is 10.1 Å². The maximum absolute atomic E-state index is 9.08. The maximum atomic E-state index is 9.08. The Kier molecular flexibility index (Phi) is 15.1. The van der Waals surface area contributed by atoms with Crippen molar-refractivity contribution >= 4 is 10.1 Å². The lowest BCUT2D eigenvalue weighted by Crippen LogP contribution is -3.13. The largest absolute Gasteiger partial charge is 0.748 e. The summed E-state index contributed by atoms with van der Waals surface area (Å²) < 4.78 is 27.2. The van der Waals surface area contributed by atoms with Crippen molar-refractivity contribution in [2.45, 2.75) is 103 Å². The van der Waals surface area contributed by atoms with Crippen LogP contribution in [0.4, 0.5) is 0 Å². The minimum atomic E-state index is -3.92. The summed E-state index contributed by atoms with van der Waals surface area (Å²) in [5.41, 5.74) is 0. The average molecular weight is 364 g/mol. The Labute approximate surface area is 151 Å². The smallest absolute Gasteiger partial charge is 0.0916 e. The molecule has 1 aliphatic heterocycles. The Hall–Kier alpha value is -0.130. The van der Waals surface area contributed by atoms with E-state index in [9.17, 15) is 0 Å². The normalized spacial score (nSPS) is 20.7. The number of quaternary nitrogens is 1. The van der Waals surface area contributed by atoms with E-state index >= 15 is 0 Å². The van der Waals surface area contributed by atoms with Gasteiger partial charge in [-0.2, -0.15) is 0 Å². The molecule has 0 radical (unpaired) electrons. The van der Waals surface area contributed by atoms with Crippen molar-refractivity contribution in [2.24, 2.45) is 0 Å². The van der Waals surface area contributed by atoms with Gasteiger partial charge < -0.3 is 9.45 Å². The van der Waals surface area contributed by atoms with Crippen molar-refractivity contribution in [1.29, 1.82) is 0 Å². The molecule has 1 fully saturated rings. The van der Waals surface area contributed by atoms with E-state index in [0.717, 1.165) is 6.04 Å². The number of rotatable bonds is 12. The molecule has 0 aromatic carbocycles. The van der Waals surface area contributed by atoms with E-state index in [4.69, 9.17) is 13.0 Å². The fourth-order valence-electron chi connectivity index (χ4n) is 3.60. The molecule has 0 amide bonds. The molecule has 5 heteroatoms. The van der Waals surface area contributed by atoms with Gasteiger partial charge >= 0.3 is 0 Å². The van der Waals surface area contributed by atoms with Crippen molar-refractivity contribution in [3.63, 3.8) is 0 Å². The highest BCUT2D eigenvalue weighted by atomic mass is 32.2. The van der Waals surface area contributed by atoms with Gasteiger partial charge in [0.2, 0.25) is 0 Å². The van der Waals surface area contributed by atoms with Crippen LogP contribution in [0.3, 0.4) is 0 Å². The second-order valence-corrected chi connectivity index (χ2v) is 8.73. The molecule has 0 spiro atoms. The topological polar surface area (TPSA) is 61.6 Å². The number of unbranched alkanes of at least 4 members (excludes halogenated alkanes) is 8. The summed E-state index contributed by atoms with van der Waals surface area (Å²) in [7, 11) is -3.92. The third-order valence-corrected chi connectivity index (χ3v) is 4.89. The van der Waals surface area contributed by atoms with Gasteiger partial charge in [0.05, 0.1) is 29.2 Å². The van der Waals surface area contributed by atoms with Gasteiger partial charge in [0, 0.05) is 19.1 Å². The summed E-state index contributed by atoms with van der Waals surface area (Å²) in [5, 5.41) is 0. The van der Waals surface area contributed by atoms with Crippen molar-refractivity contribution in [3.05, 3.63) is 0 Å². The van der Waals surface area contributed by atoms with E-state index in [0.29, 0.717) is 6.26 Å². The first-order valence-corrected chi connectivity index (χ1v) is 12.0. The summed E-state index contributed by atoms with van der Waals surface area (Å²) in [6.45, 7) is 7.55. The van der Waals surface area contributed by atoms with Crippen LogP contribution in [-0.4, -0.2) is 38.4 Å². The Morgan fingerprint density at radius 2 is 1.42 bits per heavy atom. The number of likely N-dealkylation sites (tertiary alicyclic amines) is 1. The van der Waals surface area contributed by atoms with E-state index in [1.54, 1.807) is 0 Å². The Morgan fingerprint density at radius 1 is 0.917 bits per heavy atom. The molecule has 0 aliphatic carbocycles. The highest BCUT2D eigenvalue weighted by Gasteiger charge is 2.26. The van der Waals surface area contributed by atoms with E-state index in [2.05, 4.69) is 13.8 Å². The van der Waals surface area contributed by atoms with E-state index in [1.807, 2.05) is 4.90 Å². The fourth-order valence-corrected chi connectivity index (χ4v) is 3.60. The van der Waals surface area contributed by atoms with E-state index < -0.39 is 10.1 Å². The molecule has 0 saturated carbocycles. The monoisotopic (exact) mass is 363 g/mol. The number of hydrogen-bond donors (Lipinski definition) is 1. The summed E-state index contributed by atoms with van der Waals surface area (Å²) in [6, 6.07) is 1.02. The van der Waals surface area contributed by atoms with Crippen molar-refractivity contribution in [2.75, 3.05) is 19.3 Å². The van der Waals surface area contributed by atoms with Crippen LogP contribution in [0.5, 0.6) is 0 Å². The van der Waals surface area contributed by atoms with Gasteiger partial charge in [0.15, 0.2) is 0 Å². The molecule has 0 bridgehead atoms. The standard InChI is InChI=1S/C18H37N.CH4O3S/c1-3-5-7-8-9-10-11-12-16-19-17-13-15-18(19)14-6-4-2;1-5(2,3)4/h18H,3-17H2,1-2H3;1H3,(H,2,3,4). The highest BCUT2D eigenvalue weighted by molar-refractivity contribution is 7.84. The minimum Gasteiger partial charge on any atom is -0.748 e. The molecule has 0 aromatic rings. The van der Waals surface area contributed by atoms with Gasteiger partial charge in [-0.15, -0.1) is 0 Å². The first kappa shape index (κ1) is 23.9. The van der Waals surface area contributed by atoms with Gasteiger partial charge in [-0.1, -0.05) is 58.8 Å². The average Bonchev–Trinajstić information content (AvgIpc) is 2.93. The van der Waals surface area contributed by atoms with Crippen LogP contribution in [0.25, 0.3) is 0 Å². The molecule has 2 atom stereocenters. The van der Waals surface area contributed by atoms with Crippen molar-refractivity contribution < 1.29 is 17.9 Å². The van der Waals surface area contributed by atoms with Gasteiger partial charge in [0.1, 0.15) is 0 Å². The van der Waals surface area contributed by atoms with E-state index in [-0.39, 0.29) is 0 Å². The first-order chi connectivity index (χ1) is 11.4. The molecular formula is C19H41NO3S. The summed E-state index contributed by atoms with van der Waals surface area (Å²) in [5.74, 6) is 0. The molecule has 1 heterocycles. The van der Waals surface area contributed by atoms with Crippen molar-refractivity contribution in [3.8, 4) is 0 Å². The predicted octanol–water partition coefficient (Wildman–Crippen LogP) is 3.53. The zero-order valence-electron chi connectivity index (χ0n) is 16.3. The molecule has 1 N–H and O–H groups in total. The van der Waals surface area contributed by atoms with Gasteiger partial charge in [0.25, 0.3) is 0 Å². The van der Waals surface area contributed by atoms with Gasteiger partial charge in [-0.25, -0.2) is 8.42 Å². The zero-order valence-corrected chi connectivity index (χ0v) is 17.1. The highest BCUT2D eigenvalue weighted by Crippen LogP contribution is 2.10. The number of hydrogen-bond acceptors (Lipinski definition) is 3. The lowest BCUT2D eigenvalue weighted by molar-refractivity contribution is -0.912. The molecule has 1 rings (SSSR count). The molecule has 1 aliphatic rings. The fraction of sp³-hybridized carbons (Fsp3) is 1.00. The van der Waals surface area contributed by atoms with Crippen LogP contribution in [0.2, 0.25) is 0 Å². The zero-order chi connectivity index (χ0) is 18.3. The molecule has 4 nitrogen and oxygen atoms in total. The quantitative estimate of drug-likeness (QED) is 0.426. The molecular weight excluding hydrogens is 322 g/mol. The van der Waals surface area contributed by atoms with Crippen LogP contribution in [0, 0.1) is 0 Å². The summed E-state index contributed by atoms with van der Waals surface area (Å²) in [4.78, 5) is 1.94. The van der Waals surface area contributed by atoms with E-state index in [1.165, 1.54) is 96.6 Å². The summed E-state index contributed by atoms with van der Waals surface area (Å²) in [6.07, 6.45) is 19.6. The minimum absolute atomic E-state index is 0.604. The van der Waals surface area contributed by atoms with Gasteiger partial charge in [-0.05, 0) is 25.7 Å². The first-order valence-electron chi connectivity index (χ1n) is 10.1. The van der Waals surface area contributed by atoms with Crippen LogP contribution in [0.1, 0.15) is 97.3 Å². The Bertz CT molecular complexity index is 363. The second kappa shape index (κ2) is 15.2. The molecule has 1 saturated heterocycles. The number of nitrogens with one attached hydrogen (secondary N) is 1. The third-order valence-electron chi connectivity index (χ3n) is 4.89. The second-order valence-electron chi connectivity index (χ2n) is 7.32. The predicted molar refractivity (Wildman–Crippen MR) is 101 cm³/mol. The molecule has 0 aromatic heterocycles. The molecule has 2 unspecified atom stereocenters. The van der Waals surface area contributed by atoms with Gasteiger partial charge in [-0.3, -0.25) is 0 Å². The molecule has 24 heavy (non-hydrogen) atoms. The lowest BCUT2D eigenvalue weighted by atomic mass is 10.1. The SMILES string of the molecule is CCCCCCCCCC[NH+]1CCCC1CCCC.CS(=O)(=O)[O-]. The maximum Gasteiger partial charge on any atom is 0.0916 e. The third kappa shape index (κ3) is 16.7. The lowest BCUT2D eigenvalue weighted by Gasteiger charge is -2.21. The summed E-state index contributed by atoms with van der Waals surface area (Å²) >= 11 is 0. The Balaban J connectivity index is 0.000000922. The van der Waals surface area contributed by atoms with Crippen LogP contribution < -0.4 is 4.90 Å².